The van der Waals surface area contributed by atoms with Crippen molar-refractivity contribution in [1.29, 1.82) is 0 Å². The fourth-order valence-electron chi connectivity index (χ4n) is 1.84. The van der Waals surface area contributed by atoms with Crippen molar-refractivity contribution >= 4 is 22.7 Å². The van der Waals surface area contributed by atoms with Gasteiger partial charge in [0.25, 0.3) is 11.2 Å². The molecule has 1 heterocycles. The Labute approximate surface area is 125 Å². The number of H-pyrrole nitrogens is 1. The van der Waals surface area contributed by atoms with Crippen LogP contribution < -0.4 is 5.56 Å². The minimum Gasteiger partial charge on any atom is -0.461 e. The molecule has 0 radical (unpaired) electrons. The highest BCUT2D eigenvalue weighted by Crippen LogP contribution is 2.37. The predicted octanol–water partition coefficient (Wildman–Crippen LogP) is 2.03. The Hall–Kier alpha value is -2.98. The Morgan fingerprint density at radius 3 is 2.61 bits per heavy atom. The number of ether oxygens (including phenoxy) is 1. The van der Waals surface area contributed by atoms with Gasteiger partial charge in [-0.1, -0.05) is 0 Å². The first-order valence-corrected chi connectivity index (χ1v) is 6.12. The number of nitrogens with one attached hydrogen (secondary N) is 1. The quantitative estimate of drug-likeness (QED) is 0.523. The van der Waals surface area contributed by atoms with Crippen LogP contribution in [0.2, 0.25) is 0 Å². The molecule has 0 aliphatic rings. The third-order valence-corrected chi connectivity index (χ3v) is 2.78. The minimum absolute atomic E-state index is 0.0504. The molecule has 0 bridgehead atoms. The molecule has 8 nitrogen and oxygen atoms in total. The number of hydrogen-bond acceptors (Lipinski definition) is 6. The largest absolute Gasteiger partial charge is 0.461 e. The van der Waals surface area contributed by atoms with Gasteiger partial charge in [-0.05, 0) is 13.0 Å². The number of rotatable bonds is 3. The normalized spacial score (nSPS) is 11.5. The van der Waals surface area contributed by atoms with Crippen LogP contribution in [-0.2, 0) is 10.9 Å². The number of fused-ring (bicyclic) bond motifs is 1. The lowest BCUT2D eigenvalue weighted by Gasteiger charge is -2.09. The zero-order chi connectivity index (χ0) is 17.4. The second kappa shape index (κ2) is 5.66. The molecule has 0 aliphatic carbocycles. The molecule has 0 amide bonds. The monoisotopic (exact) mass is 331 g/mol. The van der Waals surface area contributed by atoms with Crippen molar-refractivity contribution in [1.82, 2.24) is 9.97 Å². The third kappa shape index (κ3) is 3.12. The van der Waals surface area contributed by atoms with E-state index in [1.165, 1.54) is 6.92 Å². The van der Waals surface area contributed by atoms with Gasteiger partial charge in [0.1, 0.15) is 5.56 Å². The molecule has 0 spiro atoms. The molecule has 1 aromatic heterocycles. The Morgan fingerprint density at radius 1 is 1.43 bits per heavy atom. The van der Waals surface area contributed by atoms with Crippen LogP contribution >= 0.6 is 0 Å². The molecule has 2 aromatic rings. The standard InChI is InChI=1S/C12H8F3N3O5/c1-2-23-11(20)9-10(19)17-6-3-5(12(13,14)15)8(18(21)22)4-7(6)16-9/h3-4H,2H2,1H3,(H,17,19). The maximum atomic E-state index is 12.9. The van der Waals surface area contributed by atoms with E-state index in [1.54, 1.807) is 0 Å². The van der Waals surface area contributed by atoms with Crippen molar-refractivity contribution in [3.05, 3.63) is 43.9 Å². The Kier molecular flexibility index (Phi) is 4.04. The van der Waals surface area contributed by atoms with Gasteiger partial charge in [-0.25, -0.2) is 9.78 Å². The molecule has 0 saturated carbocycles. The van der Waals surface area contributed by atoms with Crippen molar-refractivity contribution in [2.75, 3.05) is 6.61 Å². The summed E-state index contributed by atoms with van der Waals surface area (Å²) in [5.74, 6) is -1.08. The van der Waals surface area contributed by atoms with Crippen molar-refractivity contribution in [2.24, 2.45) is 0 Å². The zero-order valence-corrected chi connectivity index (χ0v) is 11.4. The number of halogens is 3. The maximum Gasteiger partial charge on any atom is 0.423 e. The molecule has 1 N–H and O–H groups in total. The molecule has 122 valence electrons. The number of hydrogen-bond donors (Lipinski definition) is 1. The van der Waals surface area contributed by atoms with Gasteiger partial charge in [-0.15, -0.1) is 0 Å². The fraction of sp³-hybridized carbons (Fsp3) is 0.250. The summed E-state index contributed by atoms with van der Waals surface area (Å²) in [5, 5.41) is 10.8. The van der Waals surface area contributed by atoms with Crippen molar-refractivity contribution in [3.8, 4) is 0 Å². The maximum absolute atomic E-state index is 12.9. The van der Waals surface area contributed by atoms with Gasteiger partial charge in [0.05, 0.1) is 22.6 Å². The topological polar surface area (TPSA) is 115 Å². The van der Waals surface area contributed by atoms with Gasteiger partial charge in [0.2, 0.25) is 5.69 Å². The molecule has 0 unspecified atom stereocenters. The molecule has 11 heteroatoms. The molecule has 0 aliphatic heterocycles. The lowest BCUT2D eigenvalue weighted by molar-refractivity contribution is -0.387. The number of esters is 1. The zero-order valence-electron chi connectivity index (χ0n) is 11.4. The average Bonchev–Trinajstić information content (AvgIpc) is 2.44. The summed E-state index contributed by atoms with van der Waals surface area (Å²) in [5.41, 5.74) is -5.25. The lowest BCUT2D eigenvalue weighted by Crippen LogP contribution is -2.22. The van der Waals surface area contributed by atoms with Gasteiger partial charge in [0, 0.05) is 6.07 Å². The molecule has 23 heavy (non-hydrogen) atoms. The van der Waals surface area contributed by atoms with Gasteiger partial charge < -0.3 is 9.72 Å². The Bertz CT molecular complexity index is 859. The molecule has 0 atom stereocenters. The summed E-state index contributed by atoms with van der Waals surface area (Å²) in [4.78, 5) is 38.4. The number of carbonyl (C=O) groups excluding carboxylic acids is 1. The summed E-state index contributed by atoms with van der Waals surface area (Å²) in [7, 11) is 0. The van der Waals surface area contributed by atoms with Crippen LogP contribution in [0.15, 0.2) is 16.9 Å². The van der Waals surface area contributed by atoms with Crippen LogP contribution in [0.25, 0.3) is 11.0 Å². The predicted molar refractivity (Wildman–Crippen MR) is 70.0 cm³/mol. The number of aromatic amines is 1. The highest BCUT2D eigenvalue weighted by atomic mass is 19.4. The van der Waals surface area contributed by atoms with Crippen molar-refractivity contribution < 1.29 is 27.6 Å². The van der Waals surface area contributed by atoms with E-state index >= 15 is 0 Å². The summed E-state index contributed by atoms with van der Waals surface area (Å²) >= 11 is 0. The second-order valence-corrected chi connectivity index (χ2v) is 4.28. The second-order valence-electron chi connectivity index (χ2n) is 4.28. The van der Waals surface area contributed by atoms with Gasteiger partial charge >= 0.3 is 12.1 Å². The number of alkyl halides is 3. The van der Waals surface area contributed by atoms with Crippen LogP contribution in [0, 0.1) is 10.1 Å². The van der Waals surface area contributed by atoms with E-state index in [9.17, 15) is 32.9 Å². The minimum atomic E-state index is -4.99. The highest BCUT2D eigenvalue weighted by molar-refractivity contribution is 5.90. The molecule has 0 fully saturated rings. The highest BCUT2D eigenvalue weighted by Gasteiger charge is 2.39. The van der Waals surface area contributed by atoms with E-state index in [0.29, 0.717) is 12.1 Å². The summed E-state index contributed by atoms with van der Waals surface area (Å²) in [6.07, 6.45) is -4.99. The number of benzene rings is 1. The van der Waals surface area contributed by atoms with E-state index in [1.807, 2.05) is 4.98 Å². The lowest BCUT2D eigenvalue weighted by atomic mass is 10.1. The first-order valence-electron chi connectivity index (χ1n) is 6.12. The first-order chi connectivity index (χ1) is 10.6. The summed E-state index contributed by atoms with van der Waals surface area (Å²) < 4.78 is 43.1. The van der Waals surface area contributed by atoms with Crippen LogP contribution in [0.5, 0.6) is 0 Å². The van der Waals surface area contributed by atoms with E-state index in [2.05, 4.69) is 9.72 Å². The van der Waals surface area contributed by atoms with Crippen LogP contribution in [0.3, 0.4) is 0 Å². The fourth-order valence-corrected chi connectivity index (χ4v) is 1.84. The molecule has 2 rings (SSSR count). The van der Waals surface area contributed by atoms with E-state index < -0.39 is 39.6 Å². The Balaban J connectivity index is 2.76. The third-order valence-electron chi connectivity index (χ3n) is 2.78. The van der Waals surface area contributed by atoms with Gasteiger partial charge in [0.15, 0.2) is 0 Å². The van der Waals surface area contributed by atoms with E-state index in [4.69, 9.17) is 0 Å². The summed E-state index contributed by atoms with van der Waals surface area (Å²) in [6.45, 7) is 1.43. The van der Waals surface area contributed by atoms with Crippen LogP contribution in [0.4, 0.5) is 18.9 Å². The number of nitrogens with zero attached hydrogens (tertiary/aromatic N) is 2. The number of carbonyl (C=O) groups is 1. The van der Waals surface area contributed by atoms with E-state index in [0.717, 1.165) is 0 Å². The number of aromatic nitrogens is 2. The van der Waals surface area contributed by atoms with E-state index in [-0.39, 0.29) is 17.6 Å². The van der Waals surface area contributed by atoms with Crippen LogP contribution in [-0.4, -0.2) is 27.5 Å². The molecule has 0 saturated heterocycles. The first kappa shape index (κ1) is 16.4. The molecular formula is C12H8F3N3O5. The molecular weight excluding hydrogens is 323 g/mol. The number of nitro groups is 1. The van der Waals surface area contributed by atoms with Crippen LogP contribution in [0.1, 0.15) is 23.0 Å². The SMILES string of the molecule is CCOC(=O)c1nc2cc([N+](=O)[O-])c(C(F)(F)F)cc2[nH]c1=O. The van der Waals surface area contributed by atoms with Crippen molar-refractivity contribution in [2.45, 2.75) is 13.1 Å². The van der Waals surface area contributed by atoms with Gasteiger partial charge in [-0.3, -0.25) is 14.9 Å². The van der Waals surface area contributed by atoms with Crippen molar-refractivity contribution in [3.63, 3.8) is 0 Å². The van der Waals surface area contributed by atoms with Gasteiger partial charge in [-0.2, -0.15) is 13.2 Å². The Morgan fingerprint density at radius 2 is 2.09 bits per heavy atom. The summed E-state index contributed by atoms with van der Waals surface area (Å²) in [6, 6.07) is 0.938. The number of nitro benzene ring substituents is 1. The smallest absolute Gasteiger partial charge is 0.423 e. The average molecular weight is 331 g/mol. The molecule has 1 aromatic carbocycles.